The zero-order chi connectivity index (χ0) is 13.0. The van der Waals surface area contributed by atoms with Crippen LogP contribution in [0.5, 0.6) is 0 Å². The molecule has 0 aliphatic heterocycles. The van der Waals surface area contributed by atoms with Gasteiger partial charge in [-0.2, -0.15) is 5.26 Å². The molecule has 2 aromatic rings. The number of pyridine rings is 2. The van der Waals surface area contributed by atoms with Gasteiger partial charge in [-0.3, -0.25) is 4.98 Å². The summed E-state index contributed by atoms with van der Waals surface area (Å²) in [6.07, 6.45) is 3.45. The number of aromatic nitrogens is 2. The smallest absolute Gasteiger partial charge is 0.144 e. The number of nitrogens with zero attached hydrogens (tertiary/aromatic N) is 3. The van der Waals surface area contributed by atoms with Crippen molar-refractivity contribution in [1.82, 2.24) is 9.97 Å². The molecule has 0 spiro atoms. The largest absolute Gasteiger partial charge is 0.361 e. The summed E-state index contributed by atoms with van der Waals surface area (Å²) in [5.41, 5.74) is 2.42. The normalized spacial score (nSPS) is 11.6. The van der Waals surface area contributed by atoms with E-state index in [0.717, 1.165) is 11.3 Å². The first-order valence-corrected chi connectivity index (χ1v) is 5.75. The third-order valence-corrected chi connectivity index (χ3v) is 2.76. The van der Waals surface area contributed by atoms with Crippen LogP contribution in [0.3, 0.4) is 0 Å². The third kappa shape index (κ3) is 2.46. The maximum absolute atomic E-state index is 9.14. The molecule has 1 N–H and O–H groups in total. The fourth-order valence-corrected chi connectivity index (χ4v) is 1.72. The quantitative estimate of drug-likeness (QED) is 0.893. The number of anilines is 1. The third-order valence-electron chi connectivity index (χ3n) is 2.76. The molecule has 4 heteroatoms. The lowest BCUT2D eigenvalue weighted by Gasteiger charge is -2.15. The molecule has 0 aromatic carbocycles. The van der Waals surface area contributed by atoms with Crippen molar-refractivity contribution in [1.29, 1.82) is 5.26 Å². The molecule has 0 fully saturated rings. The summed E-state index contributed by atoms with van der Waals surface area (Å²) in [5.74, 6) is 0.607. The Morgan fingerprint density at radius 3 is 2.72 bits per heavy atom. The summed E-state index contributed by atoms with van der Waals surface area (Å²) in [6.45, 7) is 3.89. The summed E-state index contributed by atoms with van der Waals surface area (Å²) in [7, 11) is 0. The Balaban J connectivity index is 2.25. The molecule has 2 heterocycles. The summed E-state index contributed by atoms with van der Waals surface area (Å²) >= 11 is 0. The molecule has 1 atom stereocenters. The summed E-state index contributed by atoms with van der Waals surface area (Å²) in [5, 5.41) is 12.4. The number of rotatable bonds is 3. The Labute approximate surface area is 106 Å². The van der Waals surface area contributed by atoms with Crippen molar-refractivity contribution in [2.75, 3.05) is 5.32 Å². The van der Waals surface area contributed by atoms with Crippen LogP contribution >= 0.6 is 0 Å². The molecule has 0 aliphatic rings. The summed E-state index contributed by atoms with van der Waals surface area (Å²) < 4.78 is 0. The van der Waals surface area contributed by atoms with Gasteiger partial charge in [0.25, 0.3) is 0 Å². The van der Waals surface area contributed by atoms with Crippen LogP contribution in [0.15, 0.2) is 36.7 Å². The zero-order valence-corrected chi connectivity index (χ0v) is 10.4. The topological polar surface area (TPSA) is 61.6 Å². The molecule has 18 heavy (non-hydrogen) atoms. The second-order valence-electron chi connectivity index (χ2n) is 4.08. The van der Waals surface area contributed by atoms with Gasteiger partial charge >= 0.3 is 0 Å². The van der Waals surface area contributed by atoms with Crippen molar-refractivity contribution < 1.29 is 0 Å². The molecule has 0 saturated heterocycles. The number of hydrogen-bond donors (Lipinski definition) is 1. The van der Waals surface area contributed by atoms with E-state index in [0.29, 0.717) is 11.4 Å². The molecule has 0 radical (unpaired) electrons. The molecule has 2 aromatic heterocycles. The Morgan fingerprint density at radius 2 is 2.06 bits per heavy atom. The van der Waals surface area contributed by atoms with Crippen LogP contribution in [-0.4, -0.2) is 9.97 Å². The van der Waals surface area contributed by atoms with E-state index in [2.05, 4.69) is 21.4 Å². The van der Waals surface area contributed by atoms with Gasteiger partial charge in [0.1, 0.15) is 11.9 Å². The highest BCUT2D eigenvalue weighted by Crippen LogP contribution is 2.20. The van der Waals surface area contributed by atoms with Gasteiger partial charge in [-0.1, -0.05) is 6.07 Å². The summed E-state index contributed by atoms with van der Waals surface area (Å²) in [6, 6.07) is 9.77. The fraction of sp³-hybridized carbons (Fsp3) is 0.214. The number of nitriles is 1. The lowest BCUT2D eigenvalue weighted by molar-refractivity contribution is 0.830. The maximum Gasteiger partial charge on any atom is 0.144 e. The molecule has 2 rings (SSSR count). The van der Waals surface area contributed by atoms with Crippen molar-refractivity contribution >= 4 is 5.82 Å². The lowest BCUT2D eigenvalue weighted by Crippen LogP contribution is -2.11. The molecule has 0 bridgehead atoms. The Bertz CT molecular complexity index is 572. The van der Waals surface area contributed by atoms with Crippen molar-refractivity contribution in [2.24, 2.45) is 0 Å². The van der Waals surface area contributed by atoms with Gasteiger partial charge in [-0.05, 0) is 37.6 Å². The molecule has 0 saturated carbocycles. The molecular weight excluding hydrogens is 224 g/mol. The van der Waals surface area contributed by atoms with Crippen LogP contribution in [0, 0.1) is 18.3 Å². The number of aryl methyl sites for hydroxylation is 1. The van der Waals surface area contributed by atoms with Crippen LogP contribution in [-0.2, 0) is 0 Å². The van der Waals surface area contributed by atoms with Gasteiger partial charge in [0, 0.05) is 12.4 Å². The van der Waals surface area contributed by atoms with E-state index in [1.54, 1.807) is 12.4 Å². The van der Waals surface area contributed by atoms with Gasteiger partial charge in [-0.25, -0.2) is 4.98 Å². The molecular formula is C14H14N4. The van der Waals surface area contributed by atoms with E-state index in [-0.39, 0.29) is 6.04 Å². The first kappa shape index (κ1) is 12.1. The van der Waals surface area contributed by atoms with Gasteiger partial charge in [0.05, 0.1) is 17.3 Å². The van der Waals surface area contributed by atoms with Crippen LogP contribution in [0.1, 0.15) is 29.8 Å². The van der Waals surface area contributed by atoms with Gasteiger partial charge in [0.15, 0.2) is 0 Å². The predicted molar refractivity (Wildman–Crippen MR) is 70.0 cm³/mol. The van der Waals surface area contributed by atoms with E-state index >= 15 is 0 Å². The van der Waals surface area contributed by atoms with Crippen molar-refractivity contribution in [3.05, 3.63) is 53.5 Å². The Morgan fingerprint density at radius 1 is 1.22 bits per heavy atom. The van der Waals surface area contributed by atoms with E-state index in [1.165, 1.54) is 0 Å². The molecule has 0 aliphatic carbocycles. The van der Waals surface area contributed by atoms with Crippen LogP contribution in [0.4, 0.5) is 5.82 Å². The van der Waals surface area contributed by atoms with E-state index in [4.69, 9.17) is 5.26 Å². The van der Waals surface area contributed by atoms with Crippen molar-refractivity contribution in [3.8, 4) is 6.07 Å². The average Bonchev–Trinajstić information content (AvgIpc) is 2.40. The lowest BCUT2D eigenvalue weighted by atomic mass is 10.1. The Hall–Kier alpha value is -2.41. The first-order chi connectivity index (χ1) is 8.72. The van der Waals surface area contributed by atoms with Gasteiger partial charge in [-0.15, -0.1) is 0 Å². The van der Waals surface area contributed by atoms with E-state index in [1.807, 2.05) is 38.1 Å². The van der Waals surface area contributed by atoms with E-state index < -0.39 is 0 Å². The minimum Gasteiger partial charge on any atom is -0.361 e. The molecule has 0 amide bonds. The van der Waals surface area contributed by atoms with Gasteiger partial charge in [0.2, 0.25) is 0 Å². The van der Waals surface area contributed by atoms with Crippen LogP contribution in [0.25, 0.3) is 0 Å². The highest BCUT2D eigenvalue weighted by molar-refractivity contribution is 5.56. The SMILES string of the molecule is Cc1ccnc(NC(C)c2ccccn2)c1C#N. The number of nitrogens with one attached hydrogen (secondary N) is 1. The zero-order valence-electron chi connectivity index (χ0n) is 10.4. The monoisotopic (exact) mass is 238 g/mol. The first-order valence-electron chi connectivity index (χ1n) is 5.75. The summed E-state index contributed by atoms with van der Waals surface area (Å²) in [4.78, 5) is 8.49. The molecule has 90 valence electrons. The van der Waals surface area contributed by atoms with Gasteiger partial charge < -0.3 is 5.32 Å². The highest BCUT2D eigenvalue weighted by atomic mass is 15.0. The molecule has 1 unspecified atom stereocenters. The molecule has 4 nitrogen and oxygen atoms in total. The predicted octanol–water partition coefficient (Wildman–Crippen LogP) is 2.83. The van der Waals surface area contributed by atoms with Crippen molar-refractivity contribution in [2.45, 2.75) is 19.9 Å². The standard InChI is InChI=1S/C14H14N4/c1-10-6-8-17-14(12(10)9-15)18-11(2)13-5-3-4-7-16-13/h3-8,11H,1-2H3,(H,17,18). The van der Waals surface area contributed by atoms with Crippen molar-refractivity contribution in [3.63, 3.8) is 0 Å². The Kier molecular flexibility index (Phi) is 3.54. The fourth-order valence-electron chi connectivity index (χ4n) is 1.72. The van der Waals surface area contributed by atoms with Crippen LogP contribution < -0.4 is 5.32 Å². The maximum atomic E-state index is 9.14. The number of hydrogen-bond acceptors (Lipinski definition) is 4. The minimum absolute atomic E-state index is 0.00704. The average molecular weight is 238 g/mol. The van der Waals surface area contributed by atoms with Crippen LogP contribution in [0.2, 0.25) is 0 Å². The van der Waals surface area contributed by atoms with E-state index in [9.17, 15) is 0 Å². The second kappa shape index (κ2) is 5.28. The highest BCUT2D eigenvalue weighted by Gasteiger charge is 2.11. The second-order valence-corrected chi connectivity index (χ2v) is 4.08. The minimum atomic E-state index is 0.00704.